The molecule has 0 aliphatic carbocycles. The van der Waals surface area contributed by atoms with Crippen molar-refractivity contribution in [3.63, 3.8) is 0 Å². The fourth-order valence-corrected chi connectivity index (χ4v) is 2.51. The summed E-state index contributed by atoms with van der Waals surface area (Å²) in [5.74, 6) is -0.286. The van der Waals surface area contributed by atoms with Crippen molar-refractivity contribution in [1.82, 2.24) is 5.32 Å². The highest BCUT2D eigenvalue weighted by Crippen LogP contribution is 2.09. The minimum atomic E-state index is -0.288. The van der Waals surface area contributed by atoms with Crippen molar-refractivity contribution in [2.24, 2.45) is 11.7 Å². The highest BCUT2D eigenvalue weighted by Gasteiger charge is 2.19. The molecule has 0 fully saturated rings. The second-order valence-corrected chi connectivity index (χ2v) is 5.98. The Balaban J connectivity index is 3.53. The summed E-state index contributed by atoms with van der Waals surface area (Å²) in [5.41, 5.74) is 5.60. The van der Waals surface area contributed by atoms with Crippen LogP contribution in [0.3, 0.4) is 0 Å². The van der Waals surface area contributed by atoms with E-state index in [9.17, 15) is 4.79 Å². The Bertz CT molecular complexity index is 269. The van der Waals surface area contributed by atoms with Crippen LogP contribution < -0.4 is 11.1 Å². The quantitative estimate of drug-likeness (QED) is 0.400. The van der Waals surface area contributed by atoms with Crippen LogP contribution in [0, 0.1) is 5.92 Å². The van der Waals surface area contributed by atoms with Gasteiger partial charge < -0.3 is 11.1 Å². The Morgan fingerprint density at radius 1 is 1.00 bits per heavy atom. The third kappa shape index (κ3) is 10.2. The van der Waals surface area contributed by atoms with Gasteiger partial charge in [-0.2, -0.15) is 0 Å². The third-order valence-corrected chi connectivity index (χ3v) is 3.85. The van der Waals surface area contributed by atoms with Crippen molar-refractivity contribution in [3.8, 4) is 0 Å². The summed E-state index contributed by atoms with van der Waals surface area (Å²) in [6.07, 6.45) is 11.9. The minimum Gasteiger partial charge on any atom is -0.393 e. The van der Waals surface area contributed by atoms with Gasteiger partial charge in [-0.15, -0.1) is 0 Å². The van der Waals surface area contributed by atoms with E-state index in [1.165, 1.54) is 44.9 Å². The number of carbonyl (C=O) groups excluding carboxylic acids is 1. The first-order chi connectivity index (χ1) is 9.63. The molecule has 0 saturated heterocycles. The van der Waals surface area contributed by atoms with Crippen molar-refractivity contribution in [3.05, 3.63) is 0 Å². The Labute approximate surface area is 130 Å². The van der Waals surface area contributed by atoms with Crippen LogP contribution in [0.15, 0.2) is 0 Å². The highest BCUT2D eigenvalue weighted by atomic mass is 32.1. The first-order valence-electron chi connectivity index (χ1n) is 8.20. The van der Waals surface area contributed by atoms with E-state index < -0.39 is 0 Å². The van der Waals surface area contributed by atoms with Crippen LogP contribution in [-0.2, 0) is 4.79 Å². The standard InChI is InChI=1S/C16H32N2OS/c1-3-5-6-7-8-9-10-11-13-18-16(19)14(12-4-2)15(17)20/h14H,3-13H2,1-2H3,(H2,17,20)(H,18,19). The summed E-state index contributed by atoms with van der Waals surface area (Å²) in [6, 6.07) is 0. The van der Waals surface area contributed by atoms with E-state index in [1.807, 2.05) is 6.92 Å². The lowest BCUT2D eigenvalue weighted by Gasteiger charge is -2.14. The van der Waals surface area contributed by atoms with Crippen molar-refractivity contribution < 1.29 is 4.79 Å². The zero-order valence-corrected chi connectivity index (χ0v) is 14.1. The number of rotatable bonds is 13. The first-order valence-corrected chi connectivity index (χ1v) is 8.61. The summed E-state index contributed by atoms with van der Waals surface area (Å²) in [5, 5.41) is 2.95. The van der Waals surface area contributed by atoms with Gasteiger partial charge in [0.25, 0.3) is 0 Å². The average molecular weight is 301 g/mol. The second-order valence-electron chi connectivity index (χ2n) is 5.51. The van der Waals surface area contributed by atoms with E-state index in [2.05, 4.69) is 12.2 Å². The molecule has 0 bridgehead atoms. The van der Waals surface area contributed by atoms with Crippen molar-refractivity contribution in [1.29, 1.82) is 0 Å². The fourth-order valence-electron chi connectivity index (χ4n) is 2.28. The minimum absolute atomic E-state index is 0.00213. The normalized spacial score (nSPS) is 12.1. The maximum absolute atomic E-state index is 11.9. The van der Waals surface area contributed by atoms with Crippen LogP contribution in [0.25, 0.3) is 0 Å². The second kappa shape index (κ2) is 13.3. The molecule has 0 aromatic rings. The number of hydrogen-bond acceptors (Lipinski definition) is 2. The molecule has 3 nitrogen and oxygen atoms in total. The number of carbonyl (C=O) groups is 1. The summed E-state index contributed by atoms with van der Waals surface area (Å²) >= 11 is 4.95. The van der Waals surface area contributed by atoms with Crippen LogP contribution in [0.1, 0.15) is 78.1 Å². The van der Waals surface area contributed by atoms with Gasteiger partial charge in [-0.3, -0.25) is 4.79 Å². The Morgan fingerprint density at radius 2 is 1.55 bits per heavy atom. The first kappa shape index (κ1) is 19.4. The van der Waals surface area contributed by atoms with E-state index in [0.717, 1.165) is 25.8 Å². The Hall–Kier alpha value is -0.640. The topological polar surface area (TPSA) is 55.1 Å². The molecule has 4 heteroatoms. The molecule has 0 radical (unpaired) electrons. The van der Waals surface area contributed by atoms with Crippen LogP contribution in [0.5, 0.6) is 0 Å². The Kier molecular flexibility index (Phi) is 12.9. The number of nitrogens with one attached hydrogen (secondary N) is 1. The molecule has 1 atom stereocenters. The molecule has 0 aliphatic rings. The summed E-state index contributed by atoms with van der Waals surface area (Å²) in [7, 11) is 0. The van der Waals surface area contributed by atoms with Gasteiger partial charge in [0.1, 0.15) is 0 Å². The average Bonchev–Trinajstić information content (AvgIpc) is 2.42. The lowest BCUT2D eigenvalue weighted by Crippen LogP contribution is -2.38. The number of thiocarbonyl (C=S) groups is 1. The Morgan fingerprint density at radius 3 is 2.05 bits per heavy atom. The molecule has 0 rings (SSSR count). The molecular weight excluding hydrogens is 268 g/mol. The van der Waals surface area contributed by atoms with Gasteiger partial charge in [-0.05, 0) is 12.8 Å². The van der Waals surface area contributed by atoms with Crippen molar-refractivity contribution in [2.75, 3.05) is 6.54 Å². The van der Waals surface area contributed by atoms with E-state index in [4.69, 9.17) is 18.0 Å². The van der Waals surface area contributed by atoms with Gasteiger partial charge in [0, 0.05) is 6.54 Å². The van der Waals surface area contributed by atoms with Gasteiger partial charge in [0.15, 0.2) is 0 Å². The molecule has 1 unspecified atom stereocenters. The van der Waals surface area contributed by atoms with Gasteiger partial charge in [-0.1, -0.05) is 77.4 Å². The number of amides is 1. The lowest BCUT2D eigenvalue weighted by atomic mass is 10.0. The lowest BCUT2D eigenvalue weighted by molar-refractivity contribution is -0.123. The molecule has 1 amide bonds. The SMILES string of the molecule is CCCCCCCCCCNC(=O)C(CCC)C(N)=S. The van der Waals surface area contributed by atoms with E-state index >= 15 is 0 Å². The van der Waals surface area contributed by atoms with E-state index in [1.54, 1.807) is 0 Å². The van der Waals surface area contributed by atoms with Crippen molar-refractivity contribution >= 4 is 23.1 Å². The predicted octanol–water partition coefficient (Wildman–Crippen LogP) is 3.95. The third-order valence-electron chi connectivity index (χ3n) is 3.57. The van der Waals surface area contributed by atoms with Gasteiger partial charge in [0.2, 0.25) is 5.91 Å². The molecule has 118 valence electrons. The van der Waals surface area contributed by atoms with Gasteiger partial charge in [0.05, 0.1) is 10.9 Å². The molecule has 3 N–H and O–H groups in total. The summed E-state index contributed by atoms with van der Waals surface area (Å²) in [6.45, 7) is 5.02. The zero-order chi connectivity index (χ0) is 15.2. The molecule has 0 spiro atoms. The maximum Gasteiger partial charge on any atom is 0.229 e. The summed E-state index contributed by atoms with van der Waals surface area (Å²) in [4.78, 5) is 12.2. The molecule has 0 heterocycles. The molecular formula is C16H32N2OS. The molecule has 0 aliphatic heterocycles. The van der Waals surface area contributed by atoms with E-state index in [0.29, 0.717) is 4.99 Å². The van der Waals surface area contributed by atoms with Crippen LogP contribution in [0.2, 0.25) is 0 Å². The number of nitrogens with two attached hydrogens (primary N) is 1. The van der Waals surface area contributed by atoms with E-state index in [-0.39, 0.29) is 11.8 Å². The predicted molar refractivity (Wildman–Crippen MR) is 90.8 cm³/mol. The molecule has 0 aromatic carbocycles. The summed E-state index contributed by atoms with van der Waals surface area (Å²) < 4.78 is 0. The molecule has 0 aromatic heterocycles. The van der Waals surface area contributed by atoms with Crippen LogP contribution in [-0.4, -0.2) is 17.4 Å². The number of hydrogen-bond donors (Lipinski definition) is 2. The van der Waals surface area contributed by atoms with Gasteiger partial charge >= 0.3 is 0 Å². The van der Waals surface area contributed by atoms with Gasteiger partial charge in [-0.25, -0.2) is 0 Å². The smallest absolute Gasteiger partial charge is 0.229 e. The zero-order valence-electron chi connectivity index (χ0n) is 13.2. The largest absolute Gasteiger partial charge is 0.393 e. The fraction of sp³-hybridized carbons (Fsp3) is 0.875. The maximum atomic E-state index is 11.9. The monoisotopic (exact) mass is 300 g/mol. The molecule has 0 saturated carbocycles. The highest BCUT2D eigenvalue weighted by molar-refractivity contribution is 7.80. The van der Waals surface area contributed by atoms with Crippen LogP contribution >= 0.6 is 12.2 Å². The molecule has 20 heavy (non-hydrogen) atoms. The number of unbranched alkanes of at least 4 members (excludes halogenated alkanes) is 7. The van der Waals surface area contributed by atoms with Crippen LogP contribution in [0.4, 0.5) is 0 Å². The van der Waals surface area contributed by atoms with Crippen molar-refractivity contribution in [2.45, 2.75) is 78.1 Å².